The Labute approximate surface area is 106 Å². The van der Waals surface area contributed by atoms with Crippen LogP contribution >= 0.6 is 30.6 Å². The number of hydrogen-bond donors (Lipinski definition) is 0. The molecule has 4 heteroatoms. The molecule has 0 nitrogen and oxygen atoms in total. The van der Waals surface area contributed by atoms with E-state index in [4.69, 9.17) is 0 Å². The van der Waals surface area contributed by atoms with E-state index in [2.05, 4.69) is 44.4 Å². The number of halogens is 2. The first-order valence-corrected chi connectivity index (χ1v) is 15.7. The summed E-state index contributed by atoms with van der Waals surface area (Å²) in [5.74, 6) is 0. The SMILES string of the molecule is CCCC[Si]1(CCCC)C[Si](Br)(Br)C1. The van der Waals surface area contributed by atoms with Crippen LogP contribution in [0.25, 0.3) is 0 Å². The molecule has 0 spiro atoms. The van der Waals surface area contributed by atoms with Crippen molar-refractivity contribution in [1.82, 2.24) is 0 Å². The predicted octanol–water partition coefficient (Wildman–Crippen LogP) is 5.36. The van der Waals surface area contributed by atoms with Gasteiger partial charge in [0.25, 0.3) is 0 Å². The zero-order valence-electron chi connectivity index (χ0n) is 9.41. The third-order valence-electron chi connectivity index (χ3n) is 3.39. The lowest BCUT2D eigenvalue weighted by Gasteiger charge is -2.48. The maximum atomic E-state index is 3.91. The molecular weight excluding hydrogens is 336 g/mol. The summed E-state index contributed by atoms with van der Waals surface area (Å²) in [6.45, 7) is 4.65. The van der Waals surface area contributed by atoms with Gasteiger partial charge in [-0.3, -0.25) is 0 Å². The van der Waals surface area contributed by atoms with Gasteiger partial charge in [-0.2, -0.15) is 0 Å². The minimum atomic E-state index is -0.999. The Morgan fingerprint density at radius 2 is 1.36 bits per heavy atom. The summed E-state index contributed by atoms with van der Waals surface area (Å²) in [4.78, 5) is 0. The first-order valence-electron chi connectivity index (χ1n) is 5.91. The van der Waals surface area contributed by atoms with E-state index in [-0.39, 0.29) is 0 Å². The van der Waals surface area contributed by atoms with E-state index in [9.17, 15) is 0 Å². The highest BCUT2D eigenvalue weighted by Gasteiger charge is 2.54. The second-order valence-electron chi connectivity index (χ2n) is 4.92. The van der Waals surface area contributed by atoms with Gasteiger partial charge in [0.1, 0.15) is 0 Å². The molecule has 0 aromatic heterocycles. The van der Waals surface area contributed by atoms with Crippen molar-refractivity contribution >= 4 is 44.0 Å². The monoisotopic (exact) mass is 356 g/mol. The molecule has 14 heavy (non-hydrogen) atoms. The molecule has 0 bridgehead atoms. The molecule has 0 aromatic rings. The van der Waals surface area contributed by atoms with Crippen molar-refractivity contribution in [2.75, 3.05) is 0 Å². The van der Waals surface area contributed by atoms with Crippen molar-refractivity contribution in [3.8, 4) is 0 Å². The summed E-state index contributed by atoms with van der Waals surface area (Å²) in [6, 6.07) is 3.21. The molecule has 1 rings (SSSR count). The van der Waals surface area contributed by atoms with Crippen LogP contribution in [0.4, 0.5) is 0 Å². The minimum absolute atomic E-state index is 0.752. The second-order valence-corrected chi connectivity index (χ2v) is 25.8. The summed E-state index contributed by atoms with van der Waals surface area (Å²) >= 11 is 7.83. The molecule has 1 saturated heterocycles. The van der Waals surface area contributed by atoms with E-state index in [0.29, 0.717) is 0 Å². The Morgan fingerprint density at radius 1 is 0.929 bits per heavy atom. The Balaban J connectivity index is 2.38. The zero-order valence-corrected chi connectivity index (χ0v) is 14.6. The fourth-order valence-corrected chi connectivity index (χ4v) is 37.7. The van der Waals surface area contributed by atoms with Gasteiger partial charge in [-0.05, 0) is 11.3 Å². The Morgan fingerprint density at radius 3 is 1.64 bits per heavy atom. The fourth-order valence-electron chi connectivity index (χ4n) is 2.63. The minimum Gasteiger partial charge on any atom is -0.112 e. The van der Waals surface area contributed by atoms with Crippen molar-refractivity contribution in [1.29, 1.82) is 0 Å². The Kier molecular flexibility index (Phi) is 5.42. The van der Waals surface area contributed by atoms with Gasteiger partial charge in [0.05, 0.1) is 8.07 Å². The normalized spacial score (nSPS) is 23.1. The highest BCUT2D eigenvalue weighted by Crippen LogP contribution is 2.53. The standard InChI is InChI=1S/C10H22Br2Si2/c1-3-5-7-13(8-6-4-2)9-14(11,12)10-13/h3-10H2,1-2H3. The molecule has 0 aromatic carbocycles. The molecule has 1 aliphatic rings. The third-order valence-corrected chi connectivity index (χ3v) is 26.4. The largest absolute Gasteiger partial charge is 0.196 e. The molecule has 0 N–H and O–H groups in total. The quantitative estimate of drug-likeness (QED) is 0.443. The number of hydrogen-bond acceptors (Lipinski definition) is 0. The van der Waals surface area contributed by atoms with Crippen molar-refractivity contribution < 1.29 is 0 Å². The molecule has 84 valence electrons. The molecular formula is C10H22Br2Si2. The summed E-state index contributed by atoms with van der Waals surface area (Å²) in [5, 5.41) is -0.999. The smallest absolute Gasteiger partial charge is 0.112 e. The van der Waals surface area contributed by atoms with Gasteiger partial charge in [0.2, 0.25) is 0 Å². The highest BCUT2D eigenvalue weighted by atomic mass is 79.9. The second kappa shape index (κ2) is 5.64. The van der Waals surface area contributed by atoms with E-state index in [1.807, 2.05) is 0 Å². The lowest BCUT2D eigenvalue weighted by Crippen LogP contribution is -2.56. The molecule has 1 heterocycles. The lowest BCUT2D eigenvalue weighted by molar-refractivity contribution is 0.821. The van der Waals surface area contributed by atoms with Gasteiger partial charge < -0.3 is 0 Å². The van der Waals surface area contributed by atoms with E-state index in [1.165, 1.54) is 25.7 Å². The van der Waals surface area contributed by atoms with Crippen LogP contribution in [-0.4, -0.2) is 13.4 Å². The van der Waals surface area contributed by atoms with E-state index >= 15 is 0 Å². The van der Waals surface area contributed by atoms with Gasteiger partial charge in [-0.1, -0.05) is 51.6 Å². The molecule has 0 atom stereocenters. The summed E-state index contributed by atoms with van der Waals surface area (Å²) in [5.41, 5.74) is 3.19. The van der Waals surface area contributed by atoms with Gasteiger partial charge in [0.15, 0.2) is 5.31 Å². The molecule has 0 aliphatic carbocycles. The van der Waals surface area contributed by atoms with Crippen LogP contribution in [-0.2, 0) is 0 Å². The van der Waals surface area contributed by atoms with Crippen LogP contribution in [0, 0.1) is 0 Å². The van der Waals surface area contributed by atoms with Crippen LogP contribution in [0.5, 0.6) is 0 Å². The third kappa shape index (κ3) is 3.76. The number of unbranched alkanes of at least 4 members (excludes halogenated alkanes) is 2. The number of rotatable bonds is 6. The van der Waals surface area contributed by atoms with Gasteiger partial charge >= 0.3 is 0 Å². The maximum Gasteiger partial charge on any atom is 0.196 e. The van der Waals surface area contributed by atoms with Crippen molar-refractivity contribution in [2.45, 2.75) is 63.0 Å². The first kappa shape index (κ1) is 13.5. The Bertz CT molecular complexity index is 165. The summed E-state index contributed by atoms with van der Waals surface area (Å²) in [7, 11) is -0.752. The molecule has 1 aliphatic heterocycles. The van der Waals surface area contributed by atoms with E-state index < -0.39 is 13.4 Å². The van der Waals surface area contributed by atoms with E-state index in [1.54, 1.807) is 23.4 Å². The molecule has 0 unspecified atom stereocenters. The molecule has 0 radical (unpaired) electrons. The topological polar surface area (TPSA) is 0 Å². The summed E-state index contributed by atoms with van der Waals surface area (Å²) in [6.07, 6.45) is 5.75. The zero-order chi connectivity index (χ0) is 10.7. The van der Waals surface area contributed by atoms with Crippen LogP contribution in [0.1, 0.15) is 39.5 Å². The average Bonchev–Trinajstić information content (AvgIpc) is 2.08. The van der Waals surface area contributed by atoms with Crippen LogP contribution < -0.4 is 0 Å². The summed E-state index contributed by atoms with van der Waals surface area (Å²) < 4.78 is 0. The average molecular weight is 358 g/mol. The van der Waals surface area contributed by atoms with Gasteiger partial charge in [-0.25, -0.2) is 0 Å². The van der Waals surface area contributed by atoms with Crippen LogP contribution in [0.15, 0.2) is 0 Å². The van der Waals surface area contributed by atoms with Gasteiger partial charge in [-0.15, -0.1) is 30.6 Å². The van der Waals surface area contributed by atoms with Crippen molar-refractivity contribution in [3.05, 3.63) is 0 Å². The molecule has 0 saturated carbocycles. The predicted molar refractivity (Wildman–Crippen MR) is 78.4 cm³/mol. The fraction of sp³-hybridized carbons (Fsp3) is 1.00. The van der Waals surface area contributed by atoms with Crippen molar-refractivity contribution in [3.63, 3.8) is 0 Å². The molecule has 0 amide bonds. The molecule has 1 fully saturated rings. The van der Waals surface area contributed by atoms with Crippen molar-refractivity contribution in [2.24, 2.45) is 0 Å². The van der Waals surface area contributed by atoms with Crippen LogP contribution in [0.3, 0.4) is 0 Å². The Hall–Kier alpha value is 1.39. The maximum absolute atomic E-state index is 3.91. The highest BCUT2D eigenvalue weighted by molar-refractivity contribution is 9.51. The van der Waals surface area contributed by atoms with Crippen LogP contribution in [0.2, 0.25) is 23.4 Å². The van der Waals surface area contributed by atoms with E-state index in [0.717, 1.165) is 0 Å². The van der Waals surface area contributed by atoms with Gasteiger partial charge in [0, 0.05) is 0 Å². The first-order chi connectivity index (χ1) is 6.54. The lowest BCUT2D eigenvalue weighted by atomic mass is 10.4.